The molecule has 20 heavy (non-hydrogen) atoms. The first-order valence-corrected chi connectivity index (χ1v) is 7.55. The summed E-state index contributed by atoms with van der Waals surface area (Å²) >= 11 is 11.8. The molecule has 0 bridgehead atoms. The van der Waals surface area contributed by atoms with E-state index < -0.39 is 5.82 Å². The zero-order chi connectivity index (χ0) is 14.3. The molecule has 6 heteroatoms. The Balaban J connectivity index is 2.14. The molecule has 0 spiro atoms. The molecule has 2 heterocycles. The van der Waals surface area contributed by atoms with Crippen LogP contribution in [-0.2, 0) is 10.6 Å². The Kier molecular flexibility index (Phi) is 3.89. The Morgan fingerprint density at radius 1 is 1.50 bits per heavy atom. The third kappa shape index (κ3) is 2.41. The van der Waals surface area contributed by atoms with Crippen LogP contribution in [0.3, 0.4) is 0 Å². The minimum absolute atomic E-state index is 0.0867. The number of aromatic nitrogens is 2. The van der Waals surface area contributed by atoms with Gasteiger partial charge in [0.2, 0.25) is 0 Å². The molecule has 0 radical (unpaired) electrons. The molecule has 2 aromatic rings. The number of imidazole rings is 1. The summed E-state index contributed by atoms with van der Waals surface area (Å²) in [5.41, 5.74) is 1.44. The minimum atomic E-state index is -0.429. The second-order valence-corrected chi connectivity index (χ2v) is 5.82. The van der Waals surface area contributed by atoms with Crippen LogP contribution in [0.4, 0.5) is 4.39 Å². The maximum absolute atomic E-state index is 13.8. The zero-order valence-corrected chi connectivity index (χ0v) is 12.6. The predicted octanol–water partition coefficient (Wildman–Crippen LogP) is 4.31. The van der Waals surface area contributed by atoms with Gasteiger partial charge in [0.25, 0.3) is 0 Å². The third-order valence-electron chi connectivity index (χ3n) is 3.75. The van der Waals surface area contributed by atoms with Crippen molar-refractivity contribution in [2.24, 2.45) is 0 Å². The van der Waals surface area contributed by atoms with Gasteiger partial charge in [-0.2, -0.15) is 0 Å². The molecule has 0 aliphatic carbocycles. The van der Waals surface area contributed by atoms with Crippen molar-refractivity contribution in [3.63, 3.8) is 0 Å². The van der Waals surface area contributed by atoms with Crippen molar-refractivity contribution >= 4 is 34.2 Å². The monoisotopic (exact) mass is 316 g/mol. The first kappa shape index (κ1) is 14.1. The Bertz CT molecular complexity index is 644. The largest absolute Gasteiger partial charge is 0.378 e. The van der Waals surface area contributed by atoms with Crippen molar-refractivity contribution in [1.82, 2.24) is 9.55 Å². The van der Waals surface area contributed by atoms with Gasteiger partial charge in [-0.3, -0.25) is 0 Å². The van der Waals surface area contributed by atoms with E-state index in [0.717, 1.165) is 24.2 Å². The summed E-state index contributed by atoms with van der Waals surface area (Å²) in [5, 5.41) is 0.0867. The highest BCUT2D eigenvalue weighted by Gasteiger charge is 2.25. The molecule has 1 aromatic carbocycles. The lowest BCUT2D eigenvalue weighted by Gasteiger charge is -2.29. The number of fused-ring (bicyclic) bond motifs is 1. The summed E-state index contributed by atoms with van der Waals surface area (Å²) in [7, 11) is 0. The van der Waals surface area contributed by atoms with Gasteiger partial charge >= 0.3 is 0 Å². The summed E-state index contributed by atoms with van der Waals surface area (Å²) in [6.07, 6.45) is 1.94. The highest BCUT2D eigenvalue weighted by Crippen LogP contribution is 2.32. The van der Waals surface area contributed by atoms with Crippen LogP contribution < -0.4 is 0 Å². The number of alkyl halides is 1. The Morgan fingerprint density at radius 2 is 2.30 bits per heavy atom. The van der Waals surface area contributed by atoms with Crippen molar-refractivity contribution < 1.29 is 9.13 Å². The maximum Gasteiger partial charge on any atom is 0.144 e. The minimum Gasteiger partial charge on any atom is -0.378 e. The van der Waals surface area contributed by atoms with Gasteiger partial charge in [0.05, 0.1) is 28.0 Å². The quantitative estimate of drug-likeness (QED) is 0.772. The number of hydrogen-bond donors (Lipinski definition) is 0. The van der Waals surface area contributed by atoms with E-state index in [9.17, 15) is 4.39 Å². The van der Waals surface area contributed by atoms with E-state index in [1.54, 1.807) is 6.07 Å². The van der Waals surface area contributed by atoms with E-state index >= 15 is 0 Å². The molecule has 0 saturated carbocycles. The number of nitrogens with zero attached hydrogens (tertiary/aromatic N) is 2. The number of halogens is 3. The molecule has 1 aromatic heterocycles. The first-order chi connectivity index (χ1) is 9.60. The second kappa shape index (κ2) is 5.51. The summed E-state index contributed by atoms with van der Waals surface area (Å²) in [5.74, 6) is 0.614. The normalized spacial score (nSPS) is 23.4. The molecule has 1 aliphatic heterocycles. The molecule has 3 rings (SSSR count). The van der Waals surface area contributed by atoms with Crippen molar-refractivity contribution in [2.45, 2.75) is 37.8 Å². The van der Waals surface area contributed by atoms with Gasteiger partial charge in [-0.15, -0.1) is 11.6 Å². The van der Waals surface area contributed by atoms with Gasteiger partial charge in [0.15, 0.2) is 0 Å². The molecule has 108 valence electrons. The molecule has 0 N–H and O–H groups in total. The second-order valence-electron chi connectivity index (χ2n) is 5.15. The van der Waals surface area contributed by atoms with Crippen LogP contribution >= 0.6 is 23.2 Å². The van der Waals surface area contributed by atoms with Crippen molar-refractivity contribution in [3.05, 3.63) is 28.8 Å². The van der Waals surface area contributed by atoms with E-state index in [-0.39, 0.29) is 17.2 Å². The highest BCUT2D eigenvalue weighted by molar-refractivity contribution is 6.31. The SMILES string of the molecule is CC1CC(n2c(CCl)nc3cc(Cl)c(F)cc32)CCO1. The third-order valence-corrected chi connectivity index (χ3v) is 4.28. The smallest absolute Gasteiger partial charge is 0.144 e. The summed E-state index contributed by atoms with van der Waals surface area (Å²) in [6, 6.07) is 3.24. The molecule has 0 amide bonds. The molecular formula is C14H15Cl2FN2O. The number of ether oxygens (including phenoxy) is 1. The Morgan fingerprint density at radius 3 is 3.00 bits per heavy atom. The van der Waals surface area contributed by atoms with Gasteiger partial charge in [-0.25, -0.2) is 9.37 Å². The van der Waals surface area contributed by atoms with Crippen LogP contribution in [0.5, 0.6) is 0 Å². The molecule has 1 saturated heterocycles. The Labute approximate surface area is 126 Å². The average Bonchev–Trinajstić information content (AvgIpc) is 2.77. The molecule has 2 unspecified atom stereocenters. The lowest BCUT2D eigenvalue weighted by molar-refractivity contribution is 0.00633. The fourth-order valence-corrected chi connectivity index (χ4v) is 3.20. The van der Waals surface area contributed by atoms with Gasteiger partial charge in [-0.1, -0.05) is 11.6 Å². The number of rotatable bonds is 2. The molecule has 1 fully saturated rings. The van der Waals surface area contributed by atoms with Gasteiger partial charge < -0.3 is 9.30 Å². The highest BCUT2D eigenvalue weighted by atomic mass is 35.5. The van der Waals surface area contributed by atoms with Crippen LogP contribution in [0.25, 0.3) is 11.0 Å². The van der Waals surface area contributed by atoms with Crippen LogP contribution in [-0.4, -0.2) is 22.3 Å². The van der Waals surface area contributed by atoms with E-state index in [0.29, 0.717) is 18.0 Å². The van der Waals surface area contributed by atoms with Crippen molar-refractivity contribution in [1.29, 1.82) is 0 Å². The standard InChI is InChI=1S/C14H15Cl2FN2O/c1-8-4-9(2-3-20-8)19-13-6-11(17)10(16)5-12(13)18-14(19)7-15/h5-6,8-9H,2-4,7H2,1H3. The molecule has 2 atom stereocenters. The van der Waals surface area contributed by atoms with Crippen LogP contribution in [0.1, 0.15) is 31.6 Å². The van der Waals surface area contributed by atoms with E-state index in [2.05, 4.69) is 4.98 Å². The van der Waals surface area contributed by atoms with E-state index in [4.69, 9.17) is 27.9 Å². The predicted molar refractivity (Wildman–Crippen MR) is 77.9 cm³/mol. The van der Waals surface area contributed by atoms with Crippen molar-refractivity contribution in [2.75, 3.05) is 6.61 Å². The topological polar surface area (TPSA) is 27.1 Å². The molecular weight excluding hydrogens is 302 g/mol. The number of benzene rings is 1. The van der Waals surface area contributed by atoms with Gasteiger partial charge in [0.1, 0.15) is 11.6 Å². The number of hydrogen-bond acceptors (Lipinski definition) is 2. The fraction of sp³-hybridized carbons (Fsp3) is 0.500. The van der Waals surface area contributed by atoms with Crippen LogP contribution in [0, 0.1) is 5.82 Å². The maximum atomic E-state index is 13.8. The van der Waals surface area contributed by atoms with Crippen LogP contribution in [0.15, 0.2) is 12.1 Å². The van der Waals surface area contributed by atoms with E-state index in [1.807, 2.05) is 11.5 Å². The zero-order valence-electron chi connectivity index (χ0n) is 11.1. The Hall–Kier alpha value is -0.840. The van der Waals surface area contributed by atoms with Gasteiger partial charge in [-0.05, 0) is 25.8 Å². The van der Waals surface area contributed by atoms with E-state index in [1.165, 1.54) is 6.07 Å². The van der Waals surface area contributed by atoms with Crippen molar-refractivity contribution in [3.8, 4) is 0 Å². The van der Waals surface area contributed by atoms with Gasteiger partial charge in [0, 0.05) is 18.7 Å². The summed E-state index contributed by atoms with van der Waals surface area (Å²) in [6.45, 7) is 2.74. The molecule has 3 nitrogen and oxygen atoms in total. The summed E-state index contributed by atoms with van der Waals surface area (Å²) < 4.78 is 21.4. The summed E-state index contributed by atoms with van der Waals surface area (Å²) in [4.78, 5) is 4.47. The van der Waals surface area contributed by atoms with Crippen LogP contribution in [0.2, 0.25) is 5.02 Å². The first-order valence-electron chi connectivity index (χ1n) is 6.63. The lowest BCUT2D eigenvalue weighted by Crippen LogP contribution is -2.26. The average molecular weight is 317 g/mol. The lowest BCUT2D eigenvalue weighted by atomic mass is 10.0. The molecule has 1 aliphatic rings. The fourth-order valence-electron chi connectivity index (χ4n) is 2.85.